The number of urea groups is 1. The number of carbonyl (C=O) groups excluding carboxylic acids is 3. The van der Waals surface area contributed by atoms with Crippen LogP contribution in [0, 0.1) is 18.8 Å². The van der Waals surface area contributed by atoms with Crippen molar-refractivity contribution >= 4 is 23.5 Å². The first-order valence-electron chi connectivity index (χ1n) is 9.60. The van der Waals surface area contributed by atoms with Gasteiger partial charge < -0.3 is 4.90 Å². The molecule has 2 rings (SSSR count). The van der Waals surface area contributed by atoms with E-state index in [9.17, 15) is 14.4 Å². The van der Waals surface area contributed by atoms with Crippen LogP contribution in [0.2, 0.25) is 0 Å². The van der Waals surface area contributed by atoms with Crippen molar-refractivity contribution in [1.29, 1.82) is 0 Å². The second-order valence-electron chi connectivity index (χ2n) is 8.17. The van der Waals surface area contributed by atoms with Crippen LogP contribution in [-0.4, -0.2) is 53.3 Å². The van der Waals surface area contributed by atoms with E-state index in [0.717, 1.165) is 10.5 Å². The molecule has 1 fully saturated rings. The van der Waals surface area contributed by atoms with Crippen molar-refractivity contribution in [3.63, 3.8) is 0 Å². The predicted molar refractivity (Wildman–Crippen MR) is 106 cm³/mol. The van der Waals surface area contributed by atoms with Crippen LogP contribution in [0.4, 0.5) is 10.5 Å². The van der Waals surface area contributed by atoms with E-state index in [-0.39, 0.29) is 18.4 Å². The number of rotatable bonds is 7. The van der Waals surface area contributed by atoms with E-state index < -0.39 is 12.1 Å². The molecule has 0 saturated carbocycles. The fraction of sp³-hybridized carbons (Fsp3) is 0.571. The molecule has 0 N–H and O–H groups in total. The normalized spacial score (nSPS) is 17.4. The molecular weight excluding hydrogens is 342 g/mol. The standard InChI is InChI=1S/C21H31N3O3/c1-14(2)11-22(12-15(3)4)19(25)13-23-20(26)17(6)24(21(23)27)18-9-7-16(5)8-10-18/h7-10,14-15,17H,11-13H2,1-6H3/t17-/m0/s1. The van der Waals surface area contributed by atoms with Gasteiger partial charge in [-0.1, -0.05) is 45.4 Å². The van der Waals surface area contributed by atoms with Gasteiger partial charge in [0.05, 0.1) is 0 Å². The zero-order valence-corrected chi connectivity index (χ0v) is 17.2. The molecule has 148 valence electrons. The smallest absolute Gasteiger partial charge is 0.332 e. The number of carbonyl (C=O) groups is 3. The van der Waals surface area contributed by atoms with Crippen LogP contribution in [0.5, 0.6) is 0 Å². The van der Waals surface area contributed by atoms with Crippen LogP contribution < -0.4 is 4.90 Å². The summed E-state index contributed by atoms with van der Waals surface area (Å²) in [6.45, 7) is 12.9. The van der Waals surface area contributed by atoms with Gasteiger partial charge in [0.15, 0.2) is 0 Å². The van der Waals surface area contributed by atoms with Crippen LogP contribution in [0.1, 0.15) is 40.2 Å². The molecule has 0 bridgehead atoms. The molecular formula is C21H31N3O3. The highest BCUT2D eigenvalue weighted by Gasteiger charge is 2.44. The van der Waals surface area contributed by atoms with E-state index in [4.69, 9.17) is 0 Å². The molecule has 27 heavy (non-hydrogen) atoms. The van der Waals surface area contributed by atoms with Crippen molar-refractivity contribution in [3.05, 3.63) is 29.8 Å². The third-order valence-corrected chi connectivity index (χ3v) is 4.58. The quantitative estimate of drug-likeness (QED) is 0.689. The summed E-state index contributed by atoms with van der Waals surface area (Å²) in [7, 11) is 0. The Morgan fingerprint density at radius 2 is 1.56 bits per heavy atom. The average molecular weight is 373 g/mol. The number of aryl methyl sites for hydroxylation is 1. The molecule has 1 aliphatic heterocycles. The summed E-state index contributed by atoms with van der Waals surface area (Å²) in [6, 6.07) is 6.41. The minimum atomic E-state index is -0.614. The summed E-state index contributed by atoms with van der Waals surface area (Å²) >= 11 is 0. The van der Waals surface area contributed by atoms with Gasteiger partial charge in [0.25, 0.3) is 5.91 Å². The lowest BCUT2D eigenvalue weighted by Crippen LogP contribution is -2.45. The molecule has 4 amide bonds. The molecule has 0 aliphatic carbocycles. The highest BCUT2D eigenvalue weighted by molar-refractivity contribution is 6.15. The Kier molecular flexibility index (Phi) is 6.63. The molecule has 1 aliphatic rings. The molecule has 6 nitrogen and oxygen atoms in total. The van der Waals surface area contributed by atoms with Crippen molar-refractivity contribution in [1.82, 2.24) is 9.80 Å². The van der Waals surface area contributed by atoms with Crippen LogP contribution in [0.3, 0.4) is 0 Å². The number of amides is 4. The fourth-order valence-corrected chi connectivity index (χ4v) is 3.31. The van der Waals surface area contributed by atoms with E-state index in [1.165, 1.54) is 4.90 Å². The van der Waals surface area contributed by atoms with Crippen molar-refractivity contribution < 1.29 is 14.4 Å². The van der Waals surface area contributed by atoms with Crippen LogP contribution in [0.25, 0.3) is 0 Å². The molecule has 0 spiro atoms. The Morgan fingerprint density at radius 1 is 1.04 bits per heavy atom. The number of nitrogens with zero attached hydrogens (tertiary/aromatic N) is 3. The predicted octanol–water partition coefficient (Wildman–Crippen LogP) is 3.29. The summed E-state index contributed by atoms with van der Waals surface area (Å²) in [5.74, 6) is 0.126. The monoisotopic (exact) mass is 373 g/mol. The molecule has 1 saturated heterocycles. The summed E-state index contributed by atoms with van der Waals surface area (Å²) in [4.78, 5) is 42.7. The summed E-state index contributed by atoms with van der Waals surface area (Å²) in [5, 5.41) is 0. The van der Waals surface area contributed by atoms with Crippen molar-refractivity contribution in [2.75, 3.05) is 24.5 Å². The van der Waals surface area contributed by atoms with Crippen molar-refractivity contribution in [2.45, 2.75) is 47.6 Å². The first-order valence-corrected chi connectivity index (χ1v) is 9.60. The Balaban J connectivity index is 2.17. The fourth-order valence-electron chi connectivity index (χ4n) is 3.31. The minimum Gasteiger partial charge on any atom is -0.341 e. The highest BCUT2D eigenvalue weighted by atomic mass is 16.2. The van der Waals surface area contributed by atoms with E-state index in [0.29, 0.717) is 30.6 Å². The molecule has 6 heteroatoms. The number of imide groups is 1. The van der Waals surface area contributed by atoms with Gasteiger partial charge in [-0.25, -0.2) is 4.79 Å². The van der Waals surface area contributed by atoms with Gasteiger partial charge in [0.1, 0.15) is 12.6 Å². The number of hydrogen-bond acceptors (Lipinski definition) is 3. The first kappa shape index (κ1) is 20.9. The Morgan fingerprint density at radius 3 is 2.04 bits per heavy atom. The third kappa shape index (κ3) is 4.87. The molecule has 1 aromatic carbocycles. The maximum absolute atomic E-state index is 12.9. The van der Waals surface area contributed by atoms with Crippen LogP contribution in [0.15, 0.2) is 24.3 Å². The van der Waals surface area contributed by atoms with Crippen LogP contribution in [-0.2, 0) is 9.59 Å². The number of benzene rings is 1. The molecule has 0 unspecified atom stereocenters. The van der Waals surface area contributed by atoms with Gasteiger partial charge in [-0.15, -0.1) is 0 Å². The second kappa shape index (κ2) is 8.55. The third-order valence-electron chi connectivity index (χ3n) is 4.58. The van der Waals surface area contributed by atoms with Gasteiger partial charge in [-0.2, -0.15) is 0 Å². The average Bonchev–Trinajstić information content (AvgIpc) is 2.78. The Hall–Kier alpha value is -2.37. The number of anilines is 1. The molecule has 0 aromatic heterocycles. The van der Waals surface area contributed by atoms with E-state index >= 15 is 0 Å². The Labute approximate surface area is 162 Å². The number of hydrogen-bond donors (Lipinski definition) is 0. The zero-order valence-electron chi connectivity index (χ0n) is 17.2. The van der Waals surface area contributed by atoms with Gasteiger partial charge in [0, 0.05) is 18.8 Å². The first-order chi connectivity index (χ1) is 12.6. The van der Waals surface area contributed by atoms with E-state index in [1.54, 1.807) is 11.8 Å². The minimum absolute atomic E-state index is 0.183. The highest BCUT2D eigenvalue weighted by Crippen LogP contribution is 2.26. The SMILES string of the molecule is Cc1ccc(N2C(=O)N(CC(=O)N(CC(C)C)CC(C)C)C(=O)[C@@H]2C)cc1. The summed E-state index contributed by atoms with van der Waals surface area (Å²) < 4.78 is 0. The maximum atomic E-state index is 12.9. The summed E-state index contributed by atoms with van der Waals surface area (Å²) in [6.07, 6.45) is 0. The lowest BCUT2D eigenvalue weighted by Gasteiger charge is -2.28. The molecule has 1 atom stereocenters. The lowest BCUT2D eigenvalue weighted by molar-refractivity contribution is -0.137. The molecule has 0 radical (unpaired) electrons. The molecule has 1 heterocycles. The maximum Gasteiger partial charge on any atom is 0.332 e. The second-order valence-corrected chi connectivity index (χ2v) is 8.17. The largest absolute Gasteiger partial charge is 0.341 e. The van der Waals surface area contributed by atoms with Crippen molar-refractivity contribution in [2.24, 2.45) is 11.8 Å². The van der Waals surface area contributed by atoms with Crippen molar-refractivity contribution in [3.8, 4) is 0 Å². The van der Waals surface area contributed by atoms with Gasteiger partial charge in [-0.3, -0.25) is 19.4 Å². The topological polar surface area (TPSA) is 60.9 Å². The van der Waals surface area contributed by atoms with E-state index in [2.05, 4.69) is 0 Å². The van der Waals surface area contributed by atoms with Gasteiger partial charge in [0.2, 0.25) is 5.91 Å². The van der Waals surface area contributed by atoms with Crippen LogP contribution >= 0.6 is 0 Å². The van der Waals surface area contributed by atoms with E-state index in [1.807, 2.05) is 58.9 Å². The summed E-state index contributed by atoms with van der Waals surface area (Å²) in [5.41, 5.74) is 1.75. The van der Waals surface area contributed by atoms with Gasteiger partial charge in [-0.05, 0) is 37.8 Å². The van der Waals surface area contributed by atoms with Gasteiger partial charge >= 0.3 is 6.03 Å². The zero-order chi connectivity index (χ0) is 20.3. The Bertz CT molecular complexity index is 687. The lowest BCUT2D eigenvalue weighted by atomic mass is 10.1. The molecule has 1 aromatic rings.